The number of fused-ring (bicyclic) bond motifs is 1. The first-order valence-corrected chi connectivity index (χ1v) is 6.74. The summed E-state index contributed by atoms with van der Waals surface area (Å²) in [5.74, 6) is 0. The molecular weight excluding hydrogens is 377 g/mol. The zero-order valence-electron chi connectivity index (χ0n) is 11.1. The van der Waals surface area contributed by atoms with Crippen molar-refractivity contribution < 1.29 is 0 Å². The third-order valence-electron chi connectivity index (χ3n) is 3.12. The molecule has 0 aliphatic carbocycles. The second-order valence-corrected chi connectivity index (χ2v) is 5.34. The minimum Gasteiger partial charge on any atom is -0.314 e. The van der Waals surface area contributed by atoms with Gasteiger partial charge in [-0.05, 0) is 6.07 Å². The molecule has 3 rings (SSSR count). The molecule has 0 atom stereocenters. The summed E-state index contributed by atoms with van der Waals surface area (Å²) in [5.41, 5.74) is 1.80. The van der Waals surface area contributed by atoms with E-state index in [1.54, 1.807) is 6.07 Å². The van der Waals surface area contributed by atoms with Crippen LogP contribution in [0.15, 0.2) is 18.5 Å². The summed E-state index contributed by atoms with van der Waals surface area (Å²) >= 11 is 12.1. The molecular formula is C12H17Cl5N4. The number of hydrogen-bond acceptors (Lipinski definition) is 3. The number of imidazole rings is 1. The lowest BCUT2D eigenvalue weighted by molar-refractivity contribution is 0.231. The van der Waals surface area contributed by atoms with E-state index >= 15 is 0 Å². The van der Waals surface area contributed by atoms with Crippen molar-refractivity contribution >= 4 is 66.1 Å². The van der Waals surface area contributed by atoms with Crippen molar-refractivity contribution in [1.29, 1.82) is 0 Å². The van der Waals surface area contributed by atoms with Gasteiger partial charge in [0, 0.05) is 45.1 Å². The fraction of sp³-hybridized carbons (Fsp3) is 0.417. The lowest BCUT2D eigenvalue weighted by Crippen LogP contribution is -2.42. The Kier molecular flexibility index (Phi) is 9.28. The first kappa shape index (κ1) is 21.1. The number of rotatable bonds is 2. The van der Waals surface area contributed by atoms with Gasteiger partial charge in [-0.2, -0.15) is 0 Å². The van der Waals surface area contributed by atoms with Crippen LogP contribution in [-0.4, -0.2) is 40.5 Å². The highest BCUT2D eigenvalue weighted by Gasteiger charge is 2.13. The molecule has 3 heterocycles. The van der Waals surface area contributed by atoms with Gasteiger partial charge in [0.05, 0.1) is 15.7 Å². The Bertz CT molecular complexity index is 568. The average Bonchev–Trinajstić information content (AvgIpc) is 2.73. The second-order valence-electron chi connectivity index (χ2n) is 4.50. The van der Waals surface area contributed by atoms with Crippen molar-refractivity contribution in [3.63, 3.8) is 0 Å². The lowest BCUT2D eigenvalue weighted by atomic mass is 10.3. The number of hydrogen-bond donors (Lipinski definition) is 1. The van der Waals surface area contributed by atoms with Crippen molar-refractivity contribution in [3.8, 4) is 0 Å². The van der Waals surface area contributed by atoms with Crippen LogP contribution in [0, 0.1) is 0 Å². The van der Waals surface area contributed by atoms with E-state index < -0.39 is 0 Å². The summed E-state index contributed by atoms with van der Waals surface area (Å²) in [5, 5.41) is 4.55. The van der Waals surface area contributed by atoms with Gasteiger partial charge in [0.1, 0.15) is 0 Å². The predicted octanol–water partition coefficient (Wildman–Crippen LogP) is 3.31. The molecule has 2 aromatic heterocycles. The lowest BCUT2D eigenvalue weighted by Gasteiger charge is -2.26. The molecule has 1 saturated heterocycles. The van der Waals surface area contributed by atoms with Gasteiger partial charge in [0.15, 0.2) is 5.65 Å². The van der Waals surface area contributed by atoms with E-state index in [1.165, 1.54) is 0 Å². The highest BCUT2D eigenvalue weighted by molar-refractivity contribution is 6.36. The summed E-state index contributed by atoms with van der Waals surface area (Å²) in [6.07, 6.45) is 3.83. The number of aromatic nitrogens is 2. The molecule has 0 unspecified atom stereocenters. The second kappa shape index (κ2) is 9.26. The van der Waals surface area contributed by atoms with E-state index in [9.17, 15) is 0 Å². The van der Waals surface area contributed by atoms with Crippen LogP contribution in [0.25, 0.3) is 5.65 Å². The number of piperazine rings is 1. The van der Waals surface area contributed by atoms with Gasteiger partial charge in [-0.1, -0.05) is 23.2 Å². The summed E-state index contributed by atoms with van der Waals surface area (Å²) < 4.78 is 1.89. The molecule has 4 nitrogen and oxygen atoms in total. The van der Waals surface area contributed by atoms with Crippen molar-refractivity contribution in [2.24, 2.45) is 0 Å². The van der Waals surface area contributed by atoms with E-state index in [-0.39, 0.29) is 37.2 Å². The molecule has 1 fully saturated rings. The Hall–Kier alpha value is 0.0600. The smallest absolute Gasteiger partial charge is 0.156 e. The summed E-state index contributed by atoms with van der Waals surface area (Å²) in [6.45, 7) is 5.06. The molecule has 0 aromatic carbocycles. The van der Waals surface area contributed by atoms with Gasteiger partial charge in [0.2, 0.25) is 0 Å². The maximum Gasteiger partial charge on any atom is 0.156 e. The highest BCUT2D eigenvalue weighted by Crippen LogP contribution is 2.22. The third kappa shape index (κ3) is 5.03. The number of halogens is 5. The van der Waals surface area contributed by atoms with Gasteiger partial charge < -0.3 is 9.72 Å². The Morgan fingerprint density at radius 3 is 2.43 bits per heavy atom. The van der Waals surface area contributed by atoms with E-state index in [0.717, 1.165) is 44.1 Å². The standard InChI is InChI=1S/C12H14Cl2N4.3ClH/c13-9-5-11(14)12-16-10(8-18(12)6-9)7-17-3-1-15-2-4-17;;;/h5-6,8,15H,1-4,7H2;3*1H. The van der Waals surface area contributed by atoms with Crippen LogP contribution in [0.3, 0.4) is 0 Å². The van der Waals surface area contributed by atoms with Gasteiger partial charge in [-0.3, -0.25) is 4.90 Å². The zero-order valence-corrected chi connectivity index (χ0v) is 15.1. The maximum absolute atomic E-state index is 6.13. The number of nitrogens with zero attached hydrogens (tertiary/aromatic N) is 3. The predicted molar refractivity (Wildman–Crippen MR) is 95.1 cm³/mol. The first-order valence-electron chi connectivity index (χ1n) is 5.98. The molecule has 120 valence electrons. The zero-order chi connectivity index (χ0) is 12.5. The molecule has 1 N–H and O–H groups in total. The topological polar surface area (TPSA) is 32.6 Å². The number of nitrogens with one attached hydrogen (secondary N) is 1. The Morgan fingerprint density at radius 1 is 1.10 bits per heavy atom. The summed E-state index contributed by atoms with van der Waals surface area (Å²) in [6, 6.07) is 1.72. The van der Waals surface area contributed by atoms with Gasteiger partial charge >= 0.3 is 0 Å². The van der Waals surface area contributed by atoms with E-state index in [0.29, 0.717) is 10.0 Å². The molecule has 1 aliphatic rings. The van der Waals surface area contributed by atoms with Crippen molar-refractivity contribution in [3.05, 3.63) is 34.2 Å². The highest BCUT2D eigenvalue weighted by atomic mass is 35.5. The Labute approximate surface area is 152 Å². The van der Waals surface area contributed by atoms with Crippen LogP contribution in [0.4, 0.5) is 0 Å². The Morgan fingerprint density at radius 2 is 1.76 bits per heavy atom. The molecule has 2 aromatic rings. The van der Waals surface area contributed by atoms with Crippen LogP contribution < -0.4 is 5.32 Å². The SMILES string of the molecule is Cl.Cl.Cl.Clc1cc(Cl)c2nc(CN3CCNCC3)cn2c1. The van der Waals surface area contributed by atoms with Crippen molar-refractivity contribution in [2.45, 2.75) is 6.54 Å². The van der Waals surface area contributed by atoms with Crippen molar-refractivity contribution in [2.75, 3.05) is 26.2 Å². The van der Waals surface area contributed by atoms with Gasteiger partial charge in [0.25, 0.3) is 0 Å². The van der Waals surface area contributed by atoms with E-state index in [2.05, 4.69) is 15.2 Å². The van der Waals surface area contributed by atoms with Crippen LogP contribution in [0.5, 0.6) is 0 Å². The van der Waals surface area contributed by atoms with Crippen LogP contribution >= 0.6 is 60.4 Å². The molecule has 0 spiro atoms. The number of pyridine rings is 1. The third-order valence-corrected chi connectivity index (χ3v) is 3.60. The van der Waals surface area contributed by atoms with Crippen LogP contribution in [0.2, 0.25) is 10.0 Å². The summed E-state index contributed by atoms with van der Waals surface area (Å²) in [7, 11) is 0. The maximum atomic E-state index is 6.13. The van der Waals surface area contributed by atoms with E-state index in [1.807, 2.05) is 16.8 Å². The van der Waals surface area contributed by atoms with Crippen LogP contribution in [-0.2, 0) is 6.54 Å². The van der Waals surface area contributed by atoms with E-state index in [4.69, 9.17) is 23.2 Å². The normalized spacial score (nSPS) is 15.0. The molecule has 0 bridgehead atoms. The van der Waals surface area contributed by atoms with Crippen molar-refractivity contribution in [1.82, 2.24) is 19.6 Å². The molecule has 9 heteroatoms. The van der Waals surface area contributed by atoms with Gasteiger partial charge in [-0.15, -0.1) is 37.2 Å². The summed E-state index contributed by atoms with van der Waals surface area (Å²) in [4.78, 5) is 6.94. The molecule has 21 heavy (non-hydrogen) atoms. The Balaban J connectivity index is 0.00000133. The average molecular weight is 395 g/mol. The van der Waals surface area contributed by atoms with Gasteiger partial charge in [-0.25, -0.2) is 4.98 Å². The largest absolute Gasteiger partial charge is 0.314 e. The fourth-order valence-corrected chi connectivity index (χ4v) is 2.78. The minimum atomic E-state index is 0. The first-order chi connectivity index (χ1) is 8.72. The quantitative estimate of drug-likeness (QED) is 0.848. The fourth-order valence-electron chi connectivity index (χ4n) is 2.25. The molecule has 1 aliphatic heterocycles. The van der Waals surface area contributed by atoms with Crippen LogP contribution in [0.1, 0.15) is 5.69 Å². The molecule has 0 saturated carbocycles. The molecule has 0 radical (unpaired) electrons. The minimum absolute atomic E-state index is 0. The molecule has 0 amide bonds. The monoisotopic (exact) mass is 392 g/mol.